The van der Waals surface area contributed by atoms with Crippen molar-refractivity contribution in [2.24, 2.45) is 0 Å². The lowest BCUT2D eigenvalue weighted by atomic mass is 10.1. The molecule has 0 radical (unpaired) electrons. The van der Waals surface area contributed by atoms with Gasteiger partial charge in [-0.3, -0.25) is 18.6 Å². The highest BCUT2D eigenvalue weighted by molar-refractivity contribution is 7.99. The molecule has 1 N–H and O–H groups in total. The second-order valence-electron chi connectivity index (χ2n) is 7.57. The Morgan fingerprint density at radius 3 is 2.52 bits per heavy atom. The molecule has 0 spiro atoms. The monoisotopic (exact) mass is 433 g/mol. The number of rotatable bonds is 5. The number of aromatic nitrogens is 4. The van der Waals surface area contributed by atoms with Gasteiger partial charge in [-0.05, 0) is 62.6 Å². The van der Waals surface area contributed by atoms with Gasteiger partial charge >= 0.3 is 5.56 Å². The lowest BCUT2D eigenvalue weighted by Gasteiger charge is -2.09. The van der Waals surface area contributed by atoms with Crippen LogP contribution in [0.25, 0.3) is 11.3 Å². The molecule has 2 aromatic heterocycles. The third-order valence-electron chi connectivity index (χ3n) is 5.20. The Labute approximate surface area is 184 Å². The summed E-state index contributed by atoms with van der Waals surface area (Å²) >= 11 is 1.24. The molecule has 0 aliphatic rings. The third-order valence-corrected chi connectivity index (χ3v) is 6.14. The molecule has 0 saturated heterocycles. The van der Waals surface area contributed by atoms with Gasteiger partial charge in [-0.2, -0.15) is 0 Å². The first-order chi connectivity index (χ1) is 14.8. The summed E-state index contributed by atoms with van der Waals surface area (Å²) in [6, 6.07) is 11.7. The molecule has 0 bridgehead atoms. The zero-order valence-electron chi connectivity index (χ0n) is 17.8. The average molecular weight is 434 g/mol. The number of hydrogen-bond donors (Lipinski definition) is 1. The number of fused-ring (bicyclic) bond motifs is 1. The molecule has 0 aliphatic carbocycles. The Morgan fingerprint density at radius 2 is 1.77 bits per heavy atom. The number of thioether (sulfide) groups is 1. The van der Waals surface area contributed by atoms with Gasteiger partial charge in [-0.15, -0.1) is 10.2 Å². The highest BCUT2D eigenvalue weighted by Crippen LogP contribution is 2.19. The first kappa shape index (κ1) is 20.9. The summed E-state index contributed by atoms with van der Waals surface area (Å²) in [6.45, 7) is 8.02. The lowest BCUT2D eigenvalue weighted by molar-refractivity contribution is -0.113. The van der Waals surface area contributed by atoms with Crippen molar-refractivity contribution in [3.63, 3.8) is 0 Å². The van der Waals surface area contributed by atoms with E-state index < -0.39 is 0 Å². The highest BCUT2D eigenvalue weighted by Gasteiger charge is 2.14. The quantitative estimate of drug-likeness (QED) is 0.484. The van der Waals surface area contributed by atoms with Crippen LogP contribution in [-0.4, -0.2) is 30.8 Å². The normalized spacial score (nSPS) is 11.1. The maximum Gasteiger partial charge on any atom is 0.300 e. The second kappa shape index (κ2) is 8.39. The number of carbonyl (C=O) groups is 1. The standard InChI is InChI=1S/C23H23N5O2S/c1-14-5-8-19(17(4)11-14)24-20(29)13-31-23-26-25-21-22(30)27(9-10-28(21)23)18-7-6-15(2)16(3)12-18/h5-12H,13H2,1-4H3,(H,24,29). The molecule has 0 unspecified atom stereocenters. The van der Waals surface area contributed by atoms with Crippen molar-refractivity contribution < 1.29 is 4.79 Å². The van der Waals surface area contributed by atoms with Gasteiger partial charge in [0.1, 0.15) is 0 Å². The number of nitrogens with one attached hydrogen (secondary N) is 1. The van der Waals surface area contributed by atoms with E-state index in [1.54, 1.807) is 21.4 Å². The highest BCUT2D eigenvalue weighted by atomic mass is 32.2. The molecule has 0 fully saturated rings. The molecule has 4 rings (SSSR count). The minimum atomic E-state index is -0.259. The van der Waals surface area contributed by atoms with Crippen LogP contribution in [0.4, 0.5) is 5.69 Å². The van der Waals surface area contributed by atoms with Crippen LogP contribution in [0.2, 0.25) is 0 Å². The molecule has 7 nitrogen and oxygen atoms in total. The van der Waals surface area contributed by atoms with Crippen LogP contribution in [0.5, 0.6) is 0 Å². The Balaban J connectivity index is 1.53. The Kier molecular flexibility index (Phi) is 5.65. The first-order valence-corrected chi connectivity index (χ1v) is 10.9. The van der Waals surface area contributed by atoms with E-state index in [0.29, 0.717) is 5.16 Å². The van der Waals surface area contributed by atoms with E-state index in [4.69, 9.17) is 0 Å². The molecule has 0 atom stereocenters. The number of benzene rings is 2. The van der Waals surface area contributed by atoms with Crippen LogP contribution in [0.3, 0.4) is 0 Å². The lowest BCUT2D eigenvalue weighted by Crippen LogP contribution is -2.20. The summed E-state index contributed by atoms with van der Waals surface area (Å²) in [5.74, 6) is 0.0196. The van der Waals surface area contributed by atoms with Gasteiger partial charge in [0.05, 0.1) is 5.75 Å². The molecule has 31 heavy (non-hydrogen) atoms. The van der Waals surface area contributed by atoms with E-state index >= 15 is 0 Å². The van der Waals surface area contributed by atoms with E-state index in [-0.39, 0.29) is 22.9 Å². The van der Waals surface area contributed by atoms with Crippen molar-refractivity contribution in [1.29, 1.82) is 0 Å². The van der Waals surface area contributed by atoms with Gasteiger partial charge in [-0.25, -0.2) is 0 Å². The minimum Gasteiger partial charge on any atom is -0.325 e. The van der Waals surface area contributed by atoms with Crippen molar-refractivity contribution in [2.45, 2.75) is 32.9 Å². The van der Waals surface area contributed by atoms with E-state index in [2.05, 4.69) is 15.5 Å². The van der Waals surface area contributed by atoms with E-state index in [1.807, 2.05) is 64.1 Å². The van der Waals surface area contributed by atoms with E-state index in [9.17, 15) is 9.59 Å². The number of hydrogen-bond acceptors (Lipinski definition) is 5. The van der Waals surface area contributed by atoms with Gasteiger partial charge in [0.2, 0.25) is 11.6 Å². The van der Waals surface area contributed by atoms with Crippen molar-refractivity contribution in [1.82, 2.24) is 19.2 Å². The summed E-state index contributed by atoms with van der Waals surface area (Å²) in [5, 5.41) is 11.6. The number of aryl methyl sites for hydroxylation is 4. The van der Waals surface area contributed by atoms with Crippen molar-refractivity contribution in [3.05, 3.63) is 81.4 Å². The molecular weight excluding hydrogens is 410 g/mol. The maximum atomic E-state index is 12.9. The van der Waals surface area contributed by atoms with Crippen LogP contribution >= 0.6 is 11.8 Å². The van der Waals surface area contributed by atoms with E-state index in [1.165, 1.54) is 11.8 Å². The van der Waals surface area contributed by atoms with Crippen molar-refractivity contribution in [3.8, 4) is 5.69 Å². The van der Waals surface area contributed by atoms with Gasteiger partial charge in [-0.1, -0.05) is 35.5 Å². The smallest absolute Gasteiger partial charge is 0.300 e. The number of anilines is 1. The predicted molar refractivity (Wildman–Crippen MR) is 123 cm³/mol. The zero-order valence-corrected chi connectivity index (χ0v) is 18.7. The second-order valence-corrected chi connectivity index (χ2v) is 8.52. The molecule has 158 valence electrons. The molecule has 4 aromatic rings. The van der Waals surface area contributed by atoms with Crippen LogP contribution in [0, 0.1) is 27.7 Å². The Hall–Kier alpha value is -3.39. The van der Waals surface area contributed by atoms with Crippen molar-refractivity contribution >= 4 is 29.0 Å². The maximum absolute atomic E-state index is 12.9. The zero-order chi connectivity index (χ0) is 22.1. The number of nitrogens with zero attached hydrogens (tertiary/aromatic N) is 4. The van der Waals surface area contributed by atoms with Crippen LogP contribution in [-0.2, 0) is 4.79 Å². The van der Waals surface area contributed by atoms with Gasteiger partial charge in [0.25, 0.3) is 0 Å². The molecule has 8 heteroatoms. The molecule has 1 amide bonds. The summed E-state index contributed by atoms with van der Waals surface area (Å²) in [5.41, 5.74) is 5.96. The molecular formula is C23H23N5O2S. The Morgan fingerprint density at radius 1 is 0.968 bits per heavy atom. The first-order valence-electron chi connectivity index (χ1n) is 9.87. The van der Waals surface area contributed by atoms with Crippen molar-refractivity contribution in [2.75, 3.05) is 11.1 Å². The van der Waals surface area contributed by atoms with Crippen LogP contribution < -0.4 is 10.9 Å². The fourth-order valence-corrected chi connectivity index (χ4v) is 4.03. The third kappa shape index (κ3) is 4.25. The summed E-state index contributed by atoms with van der Waals surface area (Å²) < 4.78 is 3.17. The fourth-order valence-electron chi connectivity index (χ4n) is 3.31. The largest absolute Gasteiger partial charge is 0.325 e. The average Bonchev–Trinajstić information content (AvgIpc) is 3.15. The fraction of sp³-hybridized carbons (Fsp3) is 0.217. The minimum absolute atomic E-state index is 0.142. The summed E-state index contributed by atoms with van der Waals surface area (Å²) in [4.78, 5) is 25.3. The molecule has 0 saturated carbocycles. The SMILES string of the molecule is Cc1ccc(NC(=O)CSc2nnc3c(=O)n(-c4ccc(C)c(C)c4)ccn23)c(C)c1. The Bertz CT molecular complexity index is 1360. The van der Waals surface area contributed by atoms with Gasteiger partial charge in [0.15, 0.2) is 5.16 Å². The summed E-state index contributed by atoms with van der Waals surface area (Å²) in [6.07, 6.45) is 3.44. The van der Waals surface area contributed by atoms with Gasteiger partial charge < -0.3 is 5.32 Å². The van der Waals surface area contributed by atoms with Gasteiger partial charge in [0, 0.05) is 23.8 Å². The topological polar surface area (TPSA) is 81.3 Å². The van der Waals surface area contributed by atoms with Crippen LogP contribution in [0.15, 0.2) is 58.7 Å². The van der Waals surface area contributed by atoms with Crippen LogP contribution in [0.1, 0.15) is 22.3 Å². The number of amides is 1. The predicted octanol–water partition coefficient (Wildman–Crippen LogP) is 3.84. The molecule has 0 aliphatic heterocycles. The molecule has 2 aromatic carbocycles. The number of carbonyl (C=O) groups excluding carboxylic acids is 1. The van der Waals surface area contributed by atoms with E-state index in [0.717, 1.165) is 33.6 Å². The summed E-state index contributed by atoms with van der Waals surface area (Å²) in [7, 11) is 0. The molecule has 2 heterocycles.